The zero-order valence-corrected chi connectivity index (χ0v) is 10.9. The van der Waals surface area contributed by atoms with Gasteiger partial charge in [-0.25, -0.2) is 8.78 Å². The molecule has 5 heteroatoms. The third-order valence-corrected chi connectivity index (χ3v) is 2.45. The molecule has 0 heterocycles. The fourth-order valence-electron chi connectivity index (χ4n) is 1.37. The van der Waals surface area contributed by atoms with E-state index >= 15 is 0 Å². The lowest BCUT2D eigenvalue weighted by Gasteiger charge is -2.19. The molecule has 2 nitrogen and oxygen atoms in total. The van der Waals surface area contributed by atoms with Gasteiger partial charge in [0.15, 0.2) is 16.7 Å². The van der Waals surface area contributed by atoms with Gasteiger partial charge in [-0.3, -0.25) is 0 Å². The predicted octanol–water partition coefficient (Wildman–Crippen LogP) is 2.90. The van der Waals surface area contributed by atoms with E-state index in [1.165, 1.54) is 12.1 Å². The van der Waals surface area contributed by atoms with Crippen LogP contribution in [0.25, 0.3) is 0 Å². The highest BCUT2D eigenvalue weighted by molar-refractivity contribution is 7.80. The summed E-state index contributed by atoms with van der Waals surface area (Å²) in [6.07, 6.45) is 0. The second-order valence-corrected chi connectivity index (χ2v) is 4.58. The molecule has 1 aromatic rings. The lowest BCUT2D eigenvalue weighted by Crippen LogP contribution is -2.40. The number of thiocarbonyl (C=S) groups is 1. The minimum Gasteiger partial charge on any atom is -0.361 e. The van der Waals surface area contributed by atoms with Gasteiger partial charge in [-0.2, -0.15) is 0 Å². The van der Waals surface area contributed by atoms with Gasteiger partial charge in [-0.15, -0.1) is 0 Å². The number of halogens is 2. The average molecular weight is 258 g/mol. The normalized spacial score (nSPS) is 12.4. The van der Waals surface area contributed by atoms with Crippen molar-refractivity contribution >= 4 is 17.3 Å². The molecular weight excluding hydrogens is 242 g/mol. The van der Waals surface area contributed by atoms with Crippen molar-refractivity contribution in [2.75, 3.05) is 0 Å². The minimum atomic E-state index is -0.848. The topological polar surface area (TPSA) is 24.1 Å². The molecule has 0 radical (unpaired) electrons. The number of benzene rings is 1. The van der Waals surface area contributed by atoms with Gasteiger partial charge in [0.2, 0.25) is 0 Å². The van der Waals surface area contributed by atoms with E-state index in [-0.39, 0.29) is 12.1 Å². The summed E-state index contributed by atoms with van der Waals surface area (Å²) < 4.78 is 25.8. The standard InChI is InChI=1S/C12H16F2N2S/c1-7(2)15-12(17)16-8(3)9-4-5-10(13)11(14)6-9/h4-8H,1-3H3,(H2,15,16,17)/t8-/m1/s1. The number of hydrogen-bond acceptors (Lipinski definition) is 1. The predicted molar refractivity (Wildman–Crippen MR) is 68.8 cm³/mol. The SMILES string of the molecule is CC(C)NC(=S)N[C@H](C)c1ccc(F)c(F)c1. The van der Waals surface area contributed by atoms with Crippen LogP contribution < -0.4 is 10.6 Å². The Labute approximate surface area is 105 Å². The van der Waals surface area contributed by atoms with E-state index in [1.54, 1.807) is 0 Å². The number of rotatable bonds is 3. The highest BCUT2D eigenvalue weighted by Gasteiger charge is 2.10. The fourth-order valence-corrected chi connectivity index (χ4v) is 1.78. The molecule has 17 heavy (non-hydrogen) atoms. The summed E-state index contributed by atoms with van der Waals surface area (Å²) in [5, 5.41) is 6.52. The Kier molecular flexibility index (Phi) is 4.81. The van der Waals surface area contributed by atoms with E-state index in [2.05, 4.69) is 10.6 Å². The molecule has 0 aliphatic rings. The van der Waals surface area contributed by atoms with Crippen molar-refractivity contribution in [2.45, 2.75) is 32.9 Å². The Morgan fingerprint density at radius 3 is 2.29 bits per heavy atom. The maximum absolute atomic E-state index is 13.0. The summed E-state index contributed by atoms with van der Waals surface area (Å²) in [6, 6.07) is 3.87. The first-order valence-corrected chi connectivity index (χ1v) is 5.83. The maximum Gasteiger partial charge on any atom is 0.166 e. The van der Waals surface area contributed by atoms with Crippen LogP contribution in [-0.4, -0.2) is 11.2 Å². The summed E-state index contributed by atoms with van der Waals surface area (Å²) in [5.74, 6) is -1.69. The molecule has 1 atom stereocenters. The van der Waals surface area contributed by atoms with Crippen molar-refractivity contribution in [2.24, 2.45) is 0 Å². The molecule has 1 aromatic carbocycles. The van der Waals surface area contributed by atoms with Crippen molar-refractivity contribution in [1.82, 2.24) is 10.6 Å². The van der Waals surface area contributed by atoms with Crippen molar-refractivity contribution in [1.29, 1.82) is 0 Å². The molecule has 0 unspecified atom stereocenters. The molecule has 0 aromatic heterocycles. The molecule has 0 aliphatic heterocycles. The van der Waals surface area contributed by atoms with E-state index < -0.39 is 11.6 Å². The van der Waals surface area contributed by atoms with E-state index in [4.69, 9.17) is 12.2 Å². The van der Waals surface area contributed by atoms with Crippen LogP contribution in [-0.2, 0) is 0 Å². The van der Waals surface area contributed by atoms with Crippen molar-refractivity contribution in [3.8, 4) is 0 Å². The summed E-state index contributed by atoms with van der Waals surface area (Å²) in [6.45, 7) is 5.77. The van der Waals surface area contributed by atoms with Crippen molar-refractivity contribution in [3.63, 3.8) is 0 Å². The quantitative estimate of drug-likeness (QED) is 0.815. The second kappa shape index (κ2) is 5.91. The Bertz CT molecular complexity index is 407. The van der Waals surface area contributed by atoms with Crippen LogP contribution in [0, 0.1) is 11.6 Å². The summed E-state index contributed by atoms with van der Waals surface area (Å²) in [5.41, 5.74) is 0.650. The fraction of sp³-hybridized carbons (Fsp3) is 0.417. The molecule has 0 fully saturated rings. The molecule has 0 bridgehead atoms. The van der Waals surface area contributed by atoms with Gasteiger partial charge in [-0.1, -0.05) is 6.07 Å². The van der Waals surface area contributed by atoms with E-state index in [9.17, 15) is 8.78 Å². The van der Waals surface area contributed by atoms with Crippen molar-refractivity contribution < 1.29 is 8.78 Å². The van der Waals surface area contributed by atoms with Crippen molar-refractivity contribution in [3.05, 3.63) is 35.4 Å². The smallest absolute Gasteiger partial charge is 0.166 e. The highest BCUT2D eigenvalue weighted by atomic mass is 32.1. The van der Waals surface area contributed by atoms with Gasteiger partial charge >= 0.3 is 0 Å². The summed E-state index contributed by atoms with van der Waals surface area (Å²) >= 11 is 5.08. The van der Waals surface area contributed by atoms with Crippen LogP contribution in [0.5, 0.6) is 0 Å². The molecule has 1 rings (SSSR count). The zero-order chi connectivity index (χ0) is 13.0. The molecule has 0 aliphatic carbocycles. The minimum absolute atomic E-state index is 0.177. The van der Waals surface area contributed by atoms with Crippen LogP contribution in [0.3, 0.4) is 0 Å². The second-order valence-electron chi connectivity index (χ2n) is 4.17. The third-order valence-electron chi connectivity index (χ3n) is 2.21. The summed E-state index contributed by atoms with van der Waals surface area (Å²) in [4.78, 5) is 0. The van der Waals surface area contributed by atoms with Crippen LogP contribution in [0.15, 0.2) is 18.2 Å². The average Bonchev–Trinajstić information content (AvgIpc) is 2.20. The third kappa shape index (κ3) is 4.26. The monoisotopic (exact) mass is 258 g/mol. The Morgan fingerprint density at radius 2 is 1.76 bits per heavy atom. The number of hydrogen-bond donors (Lipinski definition) is 2. The Hall–Kier alpha value is -1.23. The van der Waals surface area contributed by atoms with Gasteiger partial charge in [0, 0.05) is 6.04 Å². The van der Waals surface area contributed by atoms with Gasteiger partial charge < -0.3 is 10.6 Å². The Morgan fingerprint density at radius 1 is 1.12 bits per heavy atom. The lowest BCUT2D eigenvalue weighted by atomic mass is 10.1. The van der Waals surface area contributed by atoms with E-state index in [0.717, 1.165) is 6.07 Å². The summed E-state index contributed by atoms with van der Waals surface area (Å²) in [7, 11) is 0. The molecular formula is C12H16F2N2S. The van der Waals surface area contributed by atoms with Crippen LogP contribution >= 0.6 is 12.2 Å². The molecule has 0 spiro atoms. The van der Waals surface area contributed by atoms with Gasteiger partial charge in [0.1, 0.15) is 0 Å². The van der Waals surface area contributed by atoms with E-state index in [1.807, 2.05) is 20.8 Å². The first kappa shape index (κ1) is 13.8. The lowest BCUT2D eigenvalue weighted by molar-refractivity contribution is 0.504. The largest absolute Gasteiger partial charge is 0.361 e. The molecule has 94 valence electrons. The van der Waals surface area contributed by atoms with Gasteiger partial charge in [0.25, 0.3) is 0 Å². The first-order chi connectivity index (χ1) is 7.90. The number of nitrogens with one attached hydrogen (secondary N) is 2. The molecule has 0 saturated heterocycles. The van der Waals surface area contributed by atoms with E-state index in [0.29, 0.717) is 10.7 Å². The molecule has 2 N–H and O–H groups in total. The first-order valence-electron chi connectivity index (χ1n) is 5.42. The highest BCUT2D eigenvalue weighted by Crippen LogP contribution is 2.15. The van der Waals surface area contributed by atoms with Gasteiger partial charge in [-0.05, 0) is 50.7 Å². The maximum atomic E-state index is 13.0. The van der Waals surface area contributed by atoms with Crippen LogP contribution in [0.2, 0.25) is 0 Å². The zero-order valence-electron chi connectivity index (χ0n) is 10.1. The van der Waals surface area contributed by atoms with Crippen LogP contribution in [0.1, 0.15) is 32.4 Å². The molecule has 0 saturated carbocycles. The van der Waals surface area contributed by atoms with Crippen LogP contribution in [0.4, 0.5) is 8.78 Å². The Balaban J connectivity index is 2.66. The molecule has 0 amide bonds. The van der Waals surface area contributed by atoms with Gasteiger partial charge in [0.05, 0.1) is 6.04 Å².